The Hall–Kier alpha value is -1.21. The summed E-state index contributed by atoms with van der Waals surface area (Å²) in [7, 11) is 0. The second kappa shape index (κ2) is 7.17. The number of amides is 1. The maximum absolute atomic E-state index is 12.2. The molecular weight excluding hydrogens is 301 g/mol. The molecule has 0 saturated carbocycles. The van der Waals surface area contributed by atoms with E-state index in [1.807, 2.05) is 0 Å². The Morgan fingerprint density at radius 1 is 1.33 bits per heavy atom. The van der Waals surface area contributed by atoms with Gasteiger partial charge in [0.15, 0.2) is 0 Å². The van der Waals surface area contributed by atoms with Gasteiger partial charge in [0.05, 0.1) is 0 Å². The van der Waals surface area contributed by atoms with Gasteiger partial charge in [0, 0.05) is 17.0 Å². The van der Waals surface area contributed by atoms with Crippen LogP contribution >= 0.6 is 11.8 Å². The minimum Gasteiger partial charge on any atom is -0.326 e. The Kier molecular flexibility index (Phi) is 5.52. The van der Waals surface area contributed by atoms with E-state index in [4.69, 9.17) is 0 Å². The third-order valence-corrected chi connectivity index (χ3v) is 3.98. The molecule has 2 N–H and O–H groups in total. The van der Waals surface area contributed by atoms with Crippen LogP contribution in [-0.2, 0) is 4.79 Å². The minimum absolute atomic E-state index is 0.0973. The molecule has 1 aliphatic heterocycles. The quantitative estimate of drug-likeness (QED) is 0.833. The molecule has 116 valence electrons. The van der Waals surface area contributed by atoms with Crippen molar-refractivity contribution in [3.8, 4) is 0 Å². The Morgan fingerprint density at radius 3 is 2.62 bits per heavy atom. The van der Waals surface area contributed by atoms with Crippen molar-refractivity contribution in [3.05, 3.63) is 24.3 Å². The zero-order valence-electron chi connectivity index (χ0n) is 11.4. The fourth-order valence-electron chi connectivity index (χ4n) is 2.31. The summed E-state index contributed by atoms with van der Waals surface area (Å²) in [5.41, 5.74) is -3.77. The topological polar surface area (TPSA) is 41.1 Å². The SMILES string of the molecule is O=C(CC1CCCNC1)Nc1ccc(SC(F)(F)F)cc1. The van der Waals surface area contributed by atoms with Gasteiger partial charge in [-0.15, -0.1) is 0 Å². The van der Waals surface area contributed by atoms with Gasteiger partial charge in [-0.2, -0.15) is 13.2 Å². The summed E-state index contributed by atoms with van der Waals surface area (Å²) in [6.07, 6.45) is 2.54. The predicted molar refractivity (Wildman–Crippen MR) is 77.2 cm³/mol. The van der Waals surface area contributed by atoms with Crippen LogP contribution in [0.1, 0.15) is 19.3 Å². The van der Waals surface area contributed by atoms with Gasteiger partial charge in [0.25, 0.3) is 0 Å². The van der Waals surface area contributed by atoms with Crippen LogP contribution in [-0.4, -0.2) is 24.5 Å². The zero-order chi connectivity index (χ0) is 15.3. The van der Waals surface area contributed by atoms with Gasteiger partial charge in [-0.3, -0.25) is 4.79 Å². The molecule has 1 heterocycles. The summed E-state index contributed by atoms with van der Waals surface area (Å²) in [6.45, 7) is 1.84. The van der Waals surface area contributed by atoms with Gasteiger partial charge < -0.3 is 10.6 Å². The van der Waals surface area contributed by atoms with E-state index in [1.165, 1.54) is 24.3 Å². The third kappa shape index (κ3) is 5.97. The number of piperidine rings is 1. The van der Waals surface area contributed by atoms with Gasteiger partial charge in [-0.25, -0.2) is 0 Å². The van der Waals surface area contributed by atoms with Crippen molar-refractivity contribution in [1.82, 2.24) is 5.32 Å². The fourth-order valence-corrected chi connectivity index (χ4v) is 2.85. The van der Waals surface area contributed by atoms with Crippen molar-refractivity contribution < 1.29 is 18.0 Å². The van der Waals surface area contributed by atoms with Crippen LogP contribution in [0.5, 0.6) is 0 Å². The molecule has 21 heavy (non-hydrogen) atoms. The zero-order valence-corrected chi connectivity index (χ0v) is 12.2. The van der Waals surface area contributed by atoms with Gasteiger partial charge >= 0.3 is 5.51 Å². The summed E-state index contributed by atoms with van der Waals surface area (Å²) >= 11 is -0.164. The number of hydrogen-bond acceptors (Lipinski definition) is 3. The summed E-state index contributed by atoms with van der Waals surface area (Å²) in [5, 5.41) is 5.97. The summed E-state index contributed by atoms with van der Waals surface area (Å²) < 4.78 is 36.6. The number of rotatable bonds is 4. The number of carbonyl (C=O) groups is 1. The molecular formula is C14H17F3N2OS. The van der Waals surface area contributed by atoms with E-state index < -0.39 is 5.51 Å². The van der Waals surface area contributed by atoms with Crippen molar-refractivity contribution in [1.29, 1.82) is 0 Å². The first-order valence-corrected chi connectivity index (χ1v) is 7.60. The smallest absolute Gasteiger partial charge is 0.326 e. The molecule has 0 bridgehead atoms. The minimum atomic E-state index is -4.29. The Labute approximate surface area is 125 Å². The van der Waals surface area contributed by atoms with E-state index in [1.54, 1.807) is 0 Å². The molecule has 0 aromatic heterocycles. The standard InChI is InChI=1S/C14H17F3N2OS/c15-14(16,17)21-12-5-3-11(4-6-12)19-13(20)8-10-2-1-7-18-9-10/h3-6,10,18H,1-2,7-9H2,(H,19,20). The number of alkyl halides is 3. The third-order valence-electron chi connectivity index (χ3n) is 3.24. The van der Waals surface area contributed by atoms with Gasteiger partial charge in [-0.05, 0) is 67.9 Å². The molecule has 1 aliphatic rings. The van der Waals surface area contributed by atoms with E-state index in [9.17, 15) is 18.0 Å². The Balaban J connectivity index is 1.83. The first-order valence-electron chi connectivity index (χ1n) is 6.79. The molecule has 1 fully saturated rings. The van der Waals surface area contributed by atoms with Gasteiger partial charge in [0.1, 0.15) is 0 Å². The fraction of sp³-hybridized carbons (Fsp3) is 0.500. The molecule has 2 rings (SSSR count). The van der Waals surface area contributed by atoms with Gasteiger partial charge in [-0.1, -0.05) is 0 Å². The lowest BCUT2D eigenvalue weighted by atomic mass is 9.96. The van der Waals surface area contributed by atoms with Gasteiger partial charge in [0.2, 0.25) is 5.91 Å². The predicted octanol–water partition coefficient (Wildman–Crippen LogP) is 3.63. The van der Waals surface area contributed by atoms with Crippen LogP contribution in [0.25, 0.3) is 0 Å². The highest BCUT2D eigenvalue weighted by Gasteiger charge is 2.29. The molecule has 1 saturated heterocycles. The number of hydrogen-bond donors (Lipinski definition) is 2. The molecule has 0 spiro atoms. The average molecular weight is 318 g/mol. The normalized spacial score (nSPS) is 19.3. The maximum Gasteiger partial charge on any atom is 0.446 e. The lowest BCUT2D eigenvalue weighted by Gasteiger charge is -2.22. The highest BCUT2D eigenvalue weighted by atomic mass is 32.2. The molecule has 1 atom stereocenters. The van der Waals surface area contributed by atoms with Crippen LogP contribution in [0.15, 0.2) is 29.2 Å². The first-order chi connectivity index (χ1) is 9.92. The molecule has 1 aromatic carbocycles. The number of halogens is 3. The van der Waals surface area contributed by atoms with Crippen molar-refractivity contribution in [2.45, 2.75) is 29.7 Å². The van der Waals surface area contributed by atoms with Crippen molar-refractivity contribution in [2.75, 3.05) is 18.4 Å². The molecule has 0 radical (unpaired) electrons. The molecule has 7 heteroatoms. The monoisotopic (exact) mass is 318 g/mol. The number of nitrogens with one attached hydrogen (secondary N) is 2. The lowest BCUT2D eigenvalue weighted by molar-refractivity contribution is -0.117. The number of anilines is 1. The Morgan fingerprint density at radius 2 is 2.05 bits per heavy atom. The van der Waals surface area contributed by atoms with Crippen LogP contribution in [0, 0.1) is 5.92 Å². The molecule has 0 aliphatic carbocycles. The number of benzene rings is 1. The van der Waals surface area contributed by atoms with E-state index in [0.29, 0.717) is 18.0 Å². The van der Waals surface area contributed by atoms with Crippen LogP contribution in [0.4, 0.5) is 18.9 Å². The van der Waals surface area contributed by atoms with E-state index in [-0.39, 0.29) is 22.6 Å². The Bertz CT molecular complexity index is 470. The maximum atomic E-state index is 12.2. The summed E-state index contributed by atoms with van der Waals surface area (Å²) in [5.74, 6) is 0.235. The van der Waals surface area contributed by atoms with Crippen molar-refractivity contribution in [2.24, 2.45) is 5.92 Å². The number of carbonyl (C=O) groups excluding carboxylic acids is 1. The molecule has 1 aromatic rings. The first kappa shape index (κ1) is 16.2. The number of thioether (sulfide) groups is 1. The van der Waals surface area contributed by atoms with Crippen LogP contribution in [0.3, 0.4) is 0 Å². The molecule has 1 unspecified atom stereocenters. The lowest BCUT2D eigenvalue weighted by Crippen LogP contribution is -2.32. The molecule has 1 amide bonds. The summed E-state index contributed by atoms with van der Waals surface area (Å²) in [4.78, 5) is 12.0. The highest BCUT2D eigenvalue weighted by Crippen LogP contribution is 2.37. The second-order valence-electron chi connectivity index (χ2n) is 5.04. The van der Waals surface area contributed by atoms with Crippen LogP contribution in [0.2, 0.25) is 0 Å². The van der Waals surface area contributed by atoms with Crippen molar-refractivity contribution >= 4 is 23.4 Å². The van der Waals surface area contributed by atoms with Crippen molar-refractivity contribution in [3.63, 3.8) is 0 Å². The molecule has 3 nitrogen and oxygen atoms in total. The van der Waals surface area contributed by atoms with E-state index >= 15 is 0 Å². The van der Waals surface area contributed by atoms with E-state index in [0.717, 1.165) is 25.9 Å². The summed E-state index contributed by atoms with van der Waals surface area (Å²) in [6, 6.07) is 5.70. The van der Waals surface area contributed by atoms with E-state index in [2.05, 4.69) is 10.6 Å². The van der Waals surface area contributed by atoms with Crippen LogP contribution < -0.4 is 10.6 Å². The average Bonchev–Trinajstić information content (AvgIpc) is 2.40. The highest BCUT2D eigenvalue weighted by molar-refractivity contribution is 8.00. The largest absolute Gasteiger partial charge is 0.446 e. The second-order valence-corrected chi connectivity index (χ2v) is 6.18.